The molecule has 6 nitrogen and oxygen atoms in total. The van der Waals surface area contributed by atoms with Crippen molar-refractivity contribution < 1.29 is 17.9 Å². The zero-order valence-electron chi connectivity index (χ0n) is 12.2. The fourth-order valence-corrected chi connectivity index (χ4v) is 3.99. The van der Waals surface area contributed by atoms with E-state index in [4.69, 9.17) is 4.74 Å². The second-order valence-corrected chi connectivity index (χ2v) is 6.70. The molecule has 112 valence electrons. The Morgan fingerprint density at radius 1 is 1.35 bits per heavy atom. The summed E-state index contributed by atoms with van der Waals surface area (Å²) in [4.78, 5) is 12.1. The van der Waals surface area contributed by atoms with Crippen molar-refractivity contribution >= 4 is 16.0 Å². The summed E-state index contributed by atoms with van der Waals surface area (Å²) in [5, 5.41) is 0. The van der Waals surface area contributed by atoms with E-state index in [9.17, 15) is 13.2 Å². The van der Waals surface area contributed by atoms with Gasteiger partial charge in [-0.3, -0.25) is 0 Å². The first kappa shape index (κ1) is 15.1. The van der Waals surface area contributed by atoms with Crippen LogP contribution in [0.1, 0.15) is 41.5 Å². The average molecular weight is 300 g/mol. The minimum atomic E-state index is -3.70. The summed E-state index contributed by atoms with van der Waals surface area (Å²) in [6, 6.07) is -0.00467. The predicted molar refractivity (Wildman–Crippen MR) is 74.2 cm³/mol. The molecule has 0 radical (unpaired) electrons. The third kappa shape index (κ3) is 2.60. The lowest BCUT2D eigenvalue weighted by molar-refractivity contribution is 0.0521. The van der Waals surface area contributed by atoms with Gasteiger partial charge in [-0.05, 0) is 33.6 Å². The number of nitrogens with zero attached hydrogens (tertiary/aromatic N) is 1. The first-order chi connectivity index (χ1) is 9.29. The van der Waals surface area contributed by atoms with E-state index in [-0.39, 0.29) is 23.1 Å². The van der Waals surface area contributed by atoms with Gasteiger partial charge in [-0.25, -0.2) is 17.9 Å². The molecule has 1 aromatic heterocycles. The van der Waals surface area contributed by atoms with Gasteiger partial charge in [0.1, 0.15) is 10.5 Å². The van der Waals surface area contributed by atoms with Gasteiger partial charge in [0.15, 0.2) is 0 Å². The first-order valence-electron chi connectivity index (χ1n) is 6.65. The number of hydrogen-bond acceptors (Lipinski definition) is 4. The molecule has 0 spiro atoms. The van der Waals surface area contributed by atoms with Crippen LogP contribution >= 0.6 is 0 Å². The maximum Gasteiger partial charge on any atom is 0.341 e. The van der Waals surface area contributed by atoms with Gasteiger partial charge in [-0.1, -0.05) is 0 Å². The number of rotatable bonds is 5. The highest BCUT2D eigenvalue weighted by atomic mass is 32.2. The van der Waals surface area contributed by atoms with Crippen molar-refractivity contribution in [1.29, 1.82) is 0 Å². The van der Waals surface area contributed by atoms with Crippen LogP contribution in [-0.4, -0.2) is 31.6 Å². The number of nitrogens with one attached hydrogen (secondary N) is 1. The summed E-state index contributed by atoms with van der Waals surface area (Å²) in [6.45, 7) is 5.31. The van der Waals surface area contributed by atoms with Gasteiger partial charge >= 0.3 is 5.97 Å². The fourth-order valence-electron chi connectivity index (χ4n) is 2.17. The van der Waals surface area contributed by atoms with Crippen LogP contribution in [0.15, 0.2) is 4.90 Å². The molecule has 1 aliphatic carbocycles. The van der Waals surface area contributed by atoms with Crippen molar-refractivity contribution in [2.45, 2.75) is 44.6 Å². The molecule has 20 heavy (non-hydrogen) atoms. The van der Waals surface area contributed by atoms with E-state index in [1.54, 1.807) is 32.4 Å². The van der Waals surface area contributed by atoms with Crippen molar-refractivity contribution in [2.24, 2.45) is 7.05 Å². The topological polar surface area (TPSA) is 77.4 Å². The first-order valence-corrected chi connectivity index (χ1v) is 8.13. The van der Waals surface area contributed by atoms with Crippen molar-refractivity contribution in [1.82, 2.24) is 9.29 Å². The molecule has 0 amide bonds. The monoisotopic (exact) mass is 300 g/mol. The summed E-state index contributed by atoms with van der Waals surface area (Å²) in [7, 11) is -1.96. The summed E-state index contributed by atoms with van der Waals surface area (Å²) in [5.74, 6) is -0.593. The largest absolute Gasteiger partial charge is 0.462 e. The SMILES string of the molecule is CCOC(=O)c1c(S(=O)(=O)NC2CC2)c(C)n(C)c1C. The van der Waals surface area contributed by atoms with Gasteiger partial charge in [-0.2, -0.15) is 0 Å². The fraction of sp³-hybridized carbons (Fsp3) is 0.615. The summed E-state index contributed by atoms with van der Waals surface area (Å²) in [5.41, 5.74) is 1.27. The van der Waals surface area contributed by atoms with Gasteiger partial charge in [0, 0.05) is 24.5 Å². The number of ether oxygens (including phenoxy) is 1. The lowest BCUT2D eigenvalue weighted by Crippen LogP contribution is -2.27. The minimum Gasteiger partial charge on any atom is -0.462 e. The molecule has 1 N–H and O–H groups in total. The molecule has 1 aliphatic rings. The van der Waals surface area contributed by atoms with E-state index >= 15 is 0 Å². The quantitative estimate of drug-likeness (QED) is 0.830. The lowest BCUT2D eigenvalue weighted by Gasteiger charge is -2.08. The van der Waals surface area contributed by atoms with Gasteiger partial charge in [0.05, 0.1) is 6.61 Å². The van der Waals surface area contributed by atoms with Crippen LogP contribution in [-0.2, 0) is 21.8 Å². The zero-order chi connectivity index (χ0) is 15.1. The van der Waals surface area contributed by atoms with E-state index in [0.29, 0.717) is 11.4 Å². The van der Waals surface area contributed by atoms with E-state index < -0.39 is 16.0 Å². The van der Waals surface area contributed by atoms with Crippen molar-refractivity contribution in [3.8, 4) is 0 Å². The minimum absolute atomic E-state index is 0.00467. The number of esters is 1. The zero-order valence-corrected chi connectivity index (χ0v) is 13.0. The van der Waals surface area contributed by atoms with Crippen LogP contribution in [0.3, 0.4) is 0 Å². The number of carbonyl (C=O) groups is 1. The smallest absolute Gasteiger partial charge is 0.341 e. The average Bonchev–Trinajstić information content (AvgIpc) is 3.12. The Labute approximate surface area is 119 Å². The van der Waals surface area contributed by atoms with Gasteiger partial charge in [0.25, 0.3) is 0 Å². The molecular formula is C13H20N2O4S. The Morgan fingerprint density at radius 2 is 1.95 bits per heavy atom. The highest BCUT2D eigenvalue weighted by Gasteiger charge is 2.35. The van der Waals surface area contributed by atoms with Crippen molar-refractivity contribution in [3.05, 3.63) is 17.0 Å². The Kier molecular flexibility index (Phi) is 3.93. The van der Waals surface area contributed by atoms with Gasteiger partial charge < -0.3 is 9.30 Å². The standard InChI is InChI=1S/C13H20N2O4S/c1-5-19-13(16)11-8(2)15(4)9(3)12(11)20(17,18)14-10-6-7-10/h10,14H,5-7H2,1-4H3. The molecular weight excluding hydrogens is 280 g/mol. The Morgan fingerprint density at radius 3 is 2.45 bits per heavy atom. The molecule has 0 saturated heterocycles. The highest BCUT2D eigenvalue weighted by Crippen LogP contribution is 2.29. The van der Waals surface area contributed by atoms with Crippen LogP contribution in [0.4, 0.5) is 0 Å². The lowest BCUT2D eigenvalue weighted by atomic mass is 10.2. The molecule has 0 aliphatic heterocycles. The van der Waals surface area contributed by atoms with Crippen LogP contribution in [0.2, 0.25) is 0 Å². The van der Waals surface area contributed by atoms with Gasteiger partial charge in [0.2, 0.25) is 10.0 Å². The third-order valence-corrected chi connectivity index (χ3v) is 5.25. The summed E-state index contributed by atoms with van der Waals surface area (Å²) in [6.07, 6.45) is 1.69. The number of carbonyl (C=O) groups excluding carboxylic acids is 1. The van der Waals surface area contributed by atoms with E-state index in [2.05, 4.69) is 4.72 Å². The Bertz CT molecular complexity index is 642. The molecule has 0 aromatic carbocycles. The molecule has 1 aromatic rings. The predicted octanol–water partition coefficient (Wildman–Crippen LogP) is 1.26. The third-order valence-electron chi connectivity index (χ3n) is 3.57. The highest BCUT2D eigenvalue weighted by molar-refractivity contribution is 7.89. The molecule has 1 fully saturated rings. The molecule has 2 rings (SSSR count). The van der Waals surface area contributed by atoms with Gasteiger partial charge in [-0.15, -0.1) is 0 Å². The Hall–Kier alpha value is -1.34. The number of aromatic nitrogens is 1. The van der Waals surface area contributed by atoms with Crippen LogP contribution in [0.25, 0.3) is 0 Å². The second-order valence-electron chi connectivity index (χ2n) is 5.05. The normalized spacial score (nSPS) is 15.4. The molecule has 1 heterocycles. The van der Waals surface area contributed by atoms with E-state index in [0.717, 1.165) is 12.8 Å². The molecule has 0 atom stereocenters. The van der Waals surface area contributed by atoms with Crippen LogP contribution < -0.4 is 4.72 Å². The maximum absolute atomic E-state index is 12.5. The molecule has 7 heteroatoms. The van der Waals surface area contributed by atoms with Crippen molar-refractivity contribution in [3.63, 3.8) is 0 Å². The summed E-state index contributed by atoms with van der Waals surface area (Å²) < 4.78 is 34.2. The van der Waals surface area contributed by atoms with E-state index in [1.165, 1.54) is 0 Å². The van der Waals surface area contributed by atoms with Crippen LogP contribution in [0, 0.1) is 13.8 Å². The second kappa shape index (κ2) is 5.21. The summed E-state index contributed by atoms with van der Waals surface area (Å²) >= 11 is 0. The molecule has 0 unspecified atom stereocenters. The van der Waals surface area contributed by atoms with Crippen molar-refractivity contribution in [2.75, 3.05) is 6.61 Å². The molecule has 1 saturated carbocycles. The van der Waals surface area contributed by atoms with E-state index in [1.807, 2.05) is 0 Å². The maximum atomic E-state index is 12.5. The Balaban J connectivity index is 2.55. The number of sulfonamides is 1. The number of hydrogen-bond donors (Lipinski definition) is 1. The molecule has 0 bridgehead atoms. The van der Waals surface area contributed by atoms with Crippen LogP contribution in [0.5, 0.6) is 0 Å².